The minimum absolute atomic E-state index is 0.275. The Bertz CT molecular complexity index is 1130. The van der Waals surface area contributed by atoms with Gasteiger partial charge in [-0.25, -0.2) is 15.0 Å². The second kappa shape index (κ2) is 8.94. The quantitative estimate of drug-likeness (QED) is 0.535. The average Bonchev–Trinajstić information content (AvgIpc) is 3.35. The third-order valence-corrected chi connectivity index (χ3v) is 7.84. The Morgan fingerprint density at radius 2 is 2.00 bits per heavy atom. The zero-order valence-electron chi connectivity index (χ0n) is 19.6. The Morgan fingerprint density at radius 3 is 2.67 bits per heavy atom. The monoisotopic (exact) mass is 468 g/mol. The molecule has 10 heteroatoms. The molecule has 3 heterocycles. The van der Waals surface area contributed by atoms with Crippen LogP contribution in [0.1, 0.15) is 37.6 Å². The Balaban J connectivity index is 1.66. The van der Waals surface area contributed by atoms with Gasteiger partial charge in [-0.1, -0.05) is 31.3 Å². The maximum atomic E-state index is 12.7. The SMILES string of the molecule is C[Si](C)[C@]1(n2cnc3c(NC(=O)c4ccccc4)ncnc32)C[C@H](O)[C@@H](COC(C)(C)C)O1. The normalized spacial score (nSPS) is 23.4. The van der Waals surface area contributed by atoms with Gasteiger partial charge in [0.15, 0.2) is 17.0 Å². The number of benzene rings is 1. The van der Waals surface area contributed by atoms with Crippen LogP contribution in [0.4, 0.5) is 5.82 Å². The number of hydrogen-bond acceptors (Lipinski definition) is 7. The summed E-state index contributed by atoms with van der Waals surface area (Å²) in [6, 6.07) is 8.93. The van der Waals surface area contributed by atoms with E-state index in [9.17, 15) is 9.90 Å². The number of aromatic nitrogens is 4. The van der Waals surface area contributed by atoms with Crippen LogP contribution in [0.2, 0.25) is 13.1 Å². The fourth-order valence-corrected chi connectivity index (χ4v) is 5.60. The number of anilines is 1. The van der Waals surface area contributed by atoms with E-state index in [1.165, 1.54) is 6.33 Å². The lowest BCUT2D eigenvalue weighted by molar-refractivity contribution is -0.112. The van der Waals surface area contributed by atoms with Gasteiger partial charge in [0.2, 0.25) is 0 Å². The molecule has 1 fully saturated rings. The number of aliphatic hydroxyl groups is 1. The van der Waals surface area contributed by atoms with E-state index in [-0.39, 0.29) is 11.5 Å². The molecule has 9 nitrogen and oxygen atoms in total. The van der Waals surface area contributed by atoms with Crippen LogP contribution >= 0.6 is 0 Å². The molecule has 1 aliphatic heterocycles. The summed E-state index contributed by atoms with van der Waals surface area (Å²) in [6.07, 6.45) is 2.34. The van der Waals surface area contributed by atoms with Gasteiger partial charge in [-0.15, -0.1) is 0 Å². The van der Waals surface area contributed by atoms with Gasteiger partial charge >= 0.3 is 0 Å². The second-order valence-electron chi connectivity index (χ2n) is 9.46. The zero-order valence-corrected chi connectivity index (χ0v) is 20.6. The Hall–Kier alpha value is -2.66. The third kappa shape index (κ3) is 4.69. The van der Waals surface area contributed by atoms with E-state index in [4.69, 9.17) is 9.47 Å². The zero-order chi connectivity index (χ0) is 23.8. The number of rotatable bonds is 6. The van der Waals surface area contributed by atoms with Gasteiger partial charge in [0.05, 0.1) is 24.6 Å². The van der Waals surface area contributed by atoms with E-state index in [1.807, 2.05) is 31.4 Å². The summed E-state index contributed by atoms with van der Waals surface area (Å²) in [7, 11) is -1.14. The van der Waals surface area contributed by atoms with Gasteiger partial charge < -0.3 is 19.9 Å². The van der Waals surface area contributed by atoms with Crippen molar-refractivity contribution in [2.75, 3.05) is 11.9 Å². The lowest BCUT2D eigenvalue weighted by Crippen LogP contribution is -2.45. The van der Waals surface area contributed by atoms with Crippen molar-refractivity contribution in [3.05, 3.63) is 48.5 Å². The van der Waals surface area contributed by atoms with Crippen LogP contribution in [0.3, 0.4) is 0 Å². The van der Waals surface area contributed by atoms with Crippen molar-refractivity contribution in [2.24, 2.45) is 0 Å². The highest BCUT2D eigenvalue weighted by atomic mass is 28.3. The standard InChI is InChI=1S/C23H30N5O4Si/c1-22(2,3)31-12-17-16(29)11-23(32-17,33(4)5)28-14-26-18-19(24-13-25-20(18)28)27-21(30)15-9-7-6-8-10-15/h6-10,13-14,16-17,29H,11-12H2,1-5H3,(H,24,25,27,30)/t16-,17+,23-/m0/s1. The van der Waals surface area contributed by atoms with E-state index in [0.29, 0.717) is 35.6 Å². The summed E-state index contributed by atoms with van der Waals surface area (Å²) in [5.74, 6) is 0.0532. The first-order valence-corrected chi connectivity index (χ1v) is 13.5. The third-order valence-electron chi connectivity index (χ3n) is 5.71. The topological polar surface area (TPSA) is 111 Å². The molecule has 4 rings (SSSR count). The van der Waals surface area contributed by atoms with Gasteiger partial charge in [0.1, 0.15) is 26.6 Å². The fraction of sp³-hybridized carbons (Fsp3) is 0.478. The molecule has 33 heavy (non-hydrogen) atoms. The summed E-state index contributed by atoms with van der Waals surface area (Å²) in [6.45, 7) is 10.5. The second-order valence-corrected chi connectivity index (χ2v) is 12.2. The highest BCUT2D eigenvalue weighted by Crippen LogP contribution is 2.40. The van der Waals surface area contributed by atoms with Gasteiger partial charge in [-0.2, -0.15) is 0 Å². The highest BCUT2D eigenvalue weighted by Gasteiger charge is 2.51. The number of carbonyl (C=O) groups excluding carboxylic acids is 1. The molecule has 1 aromatic carbocycles. The first kappa shape index (κ1) is 23.5. The van der Waals surface area contributed by atoms with Gasteiger partial charge in [0.25, 0.3) is 5.91 Å². The number of carbonyl (C=O) groups is 1. The minimum Gasteiger partial charge on any atom is -0.390 e. The van der Waals surface area contributed by atoms with Crippen molar-refractivity contribution in [3.8, 4) is 0 Å². The van der Waals surface area contributed by atoms with E-state index in [2.05, 4.69) is 33.4 Å². The number of imidazole rings is 1. The molecule has 3 atom stereocenters. The Kier molecular flexibility index (Phi) is 6.36. The number of ether oxygens (including phenoxy) is 2. The van der Waals surface area contributed by atoms with Crippen molar-refractivity contribution in [1.82, 2.24) is 19.5 Å². The molecular weight excluding hydrogens is 438 g/mol. The van der Waals surface area contributed by atoms with Crippen molar-refractivity contribution in [2.45, 2.75) is 63.4 Å². The molecule has 0 unspecified atom stereocenters. The average molecular weight is 469 g/mol. The smallest absolute Gasteiger partial charge is 0.256 e. The molecule has 3 aromatic rings. The first-order valence-electron chi connectivity index (χ1n) is 11.0. The first-order chi connectivity index (χ1) is 15.6. The predicted molar refractivity (Wildman–Crippen MR) is 126 cm³/mol. The van der Waals surface area contributed by atoms with Crippen LogP contribution in [0.15, 0.2) is 43.0 Å². The summed E-state index contributed by atoms with van der Waals surface area (Å²) in [5.41, 5.74) is 1.21. The molecule has 0 aliphatic carbocycles. The van der Waals surface area contributed by atoms with Crippen molar-refractivity contribution in [3.63, 3.8) is 0 Å². The van der Waals surface area contributed by atoms with Crippen molar-refractivity contribution >= 4 is 31.7 Å². The molecule has 0 saturated carbocycles. The van der Waals surface area contributed by atoms with Crippen LogP contribution in [-0.4, -0.2) is 63.7 Å². The van der Waals surface area contributed by atoms with Crippen LogP contribution in [0.25, 0.3) is 11.2 Å². The van der Waals surface area contributed by atoms with E-state index in [0.717, 1.165) is 0 Å². The van der Waals surface area contributed by atoms with Crippen LogP contribution in [-0.2, 0) is 14.8 Å². The lowest BCUT2D eigenvalue weighted by atomic mass is 10.1. The number of hydrogen-bond donors (Lipinski definition) is 2. The summed E-state index contributed by atoms with van der Waals surface area (Å²) >= 11 is 0. The molecule has 1 aliphatic rings. The molecule has 1 amide bonds. The predicted octanol–water partition coefficient (Wildman–Crippen LogP) is 2.99. The molecule has 1 radical (unpaired) electrons. The van der Waals surface area contributed by atoms with E-state index < -0.39 is 26.4 Å². The summed E-state index contributed by atoms with van der Waals surface area (Å²) < 4.78 is 14.3. The number of fused-ring (bicyclic) bond motifs is 1. The summed E-state index contributed by atoms with van der Waals surface area (Å²) in [5, 5.41) is 12.9. The number of aliphatic hydroxyl groups excluding tert-OH is 1. The Morgan fingerprint density at radius 1 is 1.27 bits per heavy atom. The largest absolute Gasteiger partial charge is 0.390 e. The van der Waals surface area contributed by atoms with Crippen molar-refractivity contribution in [1.29, 1.82) is 0 Å². The maximum Gasteiger partial charge on any atom is 0.256 e. The molecule has 175 valence electrons. The molecule has 2 aromatic heterocycles. The lowest BCUT2D eigenvalue weighted by Gasteiger charge is -2.34. The highest BCUT2D eigenvalue weighted by molar-refractivity contribution is 6.58. The van der Waals surface area contributed by atoms with Crippen molar-refractivity contribution < 1.29 is 19.4 Å². The maximum absolute atomic E-state index is 12.7. The van der Waals surface area contributed by atoms with Gasteiger partial charge in [0, 0.05) is 12.0 Å². The fourth-order valence-electron chi connectivity index (χ4n) is 3.95. The van der Waals surface area contributed by atoms with Gasteiger partial charge in [-0.3, -0.25) is 9.36 Å². The summed E-state index contributed by atoms with van der Waals surface area (Å²) in [4.78, 5) is 25.9. The molecule has 0 spiro atoms. The van der Waals surface area contributed by atoms with Crippen LogP contribution in [0, 0.1) is 0 Å². The Labute approximate surface area is 194 Å². The molecule has 0 bridgehead atoms. The molecular formula is C23H30N5O4Si. The number of nitrogens with zero attached hydrogens (tertiary/aromatic N) is 4. The van der Waals surface area contributed by atoms with E-state index in [1.54, 1.807) is 30.6 Å². The molecule has 2 N–H and O–H groups in total. The van der Waals surface area contributed by atoms with E-state index >= 15 is 0 Å². The van der Waals surface area contributed by atoms with Crippen LogP contribution < -0.4 is 5.32 Å². The minimum atomic E-state index is -1.14. The number of nitrogens with one attached hydrogen (secondary N) is 1. The van der Waals surface area contributed by atoms with Gasteiger partial charge in [-0.05, 0) is 32.9 Å². The number of amides is 1. The van der Waals surface area contributed by atoms with Crippen LogP contribution in [0.5, 0.6) is 0 Å². The molecule has 1 saturated heterocycles.